The molecule has 0 saturated carbocycles. The van der Waals surface area contributed by atoms with E-state index in [0.717, 1.165) is 11.3 Å². The molecule has 0 bridgehead atoms. The molecule has 7 nitrogen and oxygen atoms in total. The first-order chi connectivity index (χ1) is 19.9. The maximum atomic E-state index is 12.5. The number of hydrogen-bond acceptors (Lipinski definition) is 5. The van der Waals surface area contributed by atoms with E-state index in [1.165, 1.54) is 17.6 Å². The number of hydrazone groups is 1. The molecule has 0 aliphatic heterocycles. The van der Waals surface area contributed by atoms with E-state index < -0.39 is 5.91 Å². The van der Waals surface area contributed by atoms with Crippen LogP contribution in [0.25, 0.3) is 5.69 Å². The molecule has 41 heavy (non-hydrogen) atoms. The molecule has 2 aromatic heterocycles. The largest absolute Gasteiger partial charge is 0.487 e. The molecule has 0 radical (unpaired) electrons. The summed E-state index contributed by atoms with van der Waals surface area (Å²) >= 11 is 12.3. The predicted molar refractivity (Wildman–Crippen MR) is 161 cm³/mol. The third-order valence-electron chi connectivity index (χ3n) is 6.28. The fourth-order valence-electron chi connectivity index (χ4n) is 4.18. The number of nitrogens with zero attached hydrogens (tertiary/aromatic N) is 2. The zero-order valence-corrected chi connectivity index (χ0v) is 23.9. The quantitative estimate of drug-likeness (QED) is 0.133. The van der Waals surface area contributed by atoms with Crippen molar-refractivity contribution in [1.82, 2.24) is 9.99 Å². The predicted octanol–water partition coefficient (Wildman–Crippen LogP) is 7.92. The number of aromatic nitrogens is 1. The summed E-state index contributed by atoms with van der Waals surface area (Å²) in [5.74, 6) is 1.39. The summed E-state index contributed by atoms with van der Waals surface area (Å²) in [7, 11) is 0. The molecule has 0 aliphatic rings. The molecule has 0 spiro atoms. The summed E-state index contributed by atoms with van der Waals surface area (Å²) < 4.78 is 19.4. The van der Waals surface area contributed by atoms with Gasteiger partial charge in [0.25, 0.3) is 0 Å². The third-order valence-corrected chi connectivity index (χ3v) is 6.82. The van der Waals surface area contributed by atoms with Gasteiger partial charge in [0.1, 0.15) is 30.5 Å². The van der Waals surface area contributed by atoms with Crippen LogP contribution in [0.3, 0.4) is 0 Å². The van der Waals surface area contributed by atoms with E-state index in [9.17, 15) is 4.79 Å². The molecular weight excluding hydrogens is 561 g/mol. The van der Waals surface area contributed by atoms with Gasteiger partial charge in [-0.15, -0.1) is 0 Å². The monoisotopic (exact) mass is 587 g/mol. The molecule has 5 rings (SSSR count). The van der Waals surface area contributed by atoms with Gasteiger partial charge in [0.2, 0.25) is 0 Å². The minimum Gasteiger partial charge on any atom is -0.487 e. The molecular formula is C32H27Cl2N3O4. The van der Waals surface area contributed by atoms with Crippen LogP contribution in [-0.2, 0) is 13.2 Å². The minimum atomic E-state index is -0.483. The first-order valence-electron chi connectivity index (χ1n) is 12.8. The lowest BCUT2D eigenvalue weighted by Gasteiger charge is -2.10. The van der Waals surface area contributed by atoms with E-state index in [2.05, 4.69) is 41.1 Å². The zero-order chi connectivity index (χ0) is 28.8. The van der Waals surface area contributed by atoms with Crippen LogP contribution in [0.1, 0.15) is 38.8 Å². The van der Waals surface area contributed by atoms with Crippen molar-refractivity contribution in [2.24, 2.45) is 5.10 Å². The molecule has 2 heterocycles. The average Bonchev–Trinajstić information content (AvgIpc) is 3.58. The van der Waals surface area contributed by atoms with Gasteiger partial charge in [0.15, 0.2) is 5.76 Å². The maximum absolute atomic E-state index is 12.5. The second-order valence-corrected chi connectivity index (χ2v) is 10.1. The Hall–Kier alpha value is -4.46. The van der Waals surface area contributed by atoms with Gasteiger partial charge in [-0.05, 0) is 104 Å². The summed E-state index contributed by atoms with van der Waals surface area (Å²) in [5.41, 5.74) is 7.52. The molecule has 0 saturated heterocycles. The van der Waals surface area contributed by atoms with Crippen molar-refractivity contribution >= 4 is 35.3 Å². The molecule has 1 N–H and O–H groups in total. The van der Waals surface area contributed by atoms with E-state index in [0.29, 0.717) is 39.5 Å². The van der Waals surface area contributed by atoms with E-state index in [1.54, 1.807) is 42.5 Å². The average molecular weight is 588 g/mol. The highest BCUT2D eigenvalue weighted by atomic mass is 35.5. The molecule has 1 amide bonds. The van der Waals surface area contributed by atoms with Gasteiger partial charge in [-0.25, -0.2) is 5.43 Å². The van der Waals surface area contributed by atoms with Crippen molar-refractivity contribution < 1.29 is 18.7 Å². The number of aryl methyl sites for hydroxylation is 2. The van der Waals surface area contributed by atoms with Gasteiger partial charge in [-0.2, -0.15) is 5.10 Å². The molecule has 9 heteroatoms. The summed E-state index contributed by atoms with van der Waals surface area (Å²) in [5, 5.41) is 5.10. The Bertz CT molecular complexity index is 1650. The Morgan fingerprint density at radius 1 is 0.878 bits per heavy atom. The summed E-state index contributed by atoms with van der Waals surface area (Å²) in [6.07, 6.45) is 1.49. The molecule has 0 aliphatic carbocycles. The van der Waals surface area contributed by atoms with Gasteiger partial charge in [0.05, 0.1) is 11.2 Å². The van der Waals surface area contributed by atoms with Gasteiger partial charge >= 0.3 is 5.91 Å². The Morgan fingerprint density at radius 2 is 1.61 bits per heavy atom. The number of rotatable bonds is 10. The van der Waals surface area contributed by atoms with Gasteiger partial charge < -0.3 is 18.5 Å². The summed E-state index contributed by atoms with van der Waals surface area (Å²) in [4.78, 5) is 12.5. The van der Waals surface area contributed by atoms with Crippen molar-refractivity contribution in [3.8, 4) is 17.2 Å². The highest BCUT2D eigenvalue weighted by Crippen LogP contribution is 2.26. The van der Waals surface area contributed by atoms with Crippen molar-refractivity contribution in [2.75, 3.05) is 0 Å². The maximum Gasteiger partial charge on any atom is 0.307 e. The minimum absolute atomic E-state index is 0.124. The van der Waals surface area contributed by atoms with Crippen molar-refractivity contribution in [1.29, 1.82) is 0 Å². The van der Waals surface area contributed by atoms with E-state index >= 15 is 0 Å². The number of nitrogens with one attached hydrogen (secondary N) is 1. The SMILES string of the molecule is Cc1ccc(C)n1-c1ccc(OCc2ccc(C(=O)N/N=C/c3ccc(OCc4ccc(Cl)cc4)c(Cl)c3)o2)cc1. The Labute approximate surface area is 247 Å². The molecule has 3 aromatic carbocycles. The molecule has 0 atom stereocenters. The van der Waals surface area contributed by atoms with Crippen LogP contribution in [-0.4, -0.2) is 16.7 Å². The second kappa shape index (κ2) is 12.8. The Morgan fingerprint density at radius 3 is 2.32 bits per heavy atom. The first kappa shape index (κ1) is 28.1. The highest BCUT2D eigenvalue weighted by molar-refractivity contribution is 6.32. The fourth-order valence-corrected chi connectivity index (χ4v) is 4.55. The smallest absolute Gasteiger partial charge is 0.307 e. The van der Waals surface area contributed by atoms with E-state index in [4.69, 9.17) is 37.1 Å². The van der Waals surface area contributed by atoms with Crippen LogP contribution in [0.4, 0.5) is 0 Å². The Kier molecular flexibility index (Phi) is 8.77. The number of benzene rings is 3. The van der Waals surface area contributed by atoms with Crippen molar-refractivity contribution in [3.05, 3.63) is 135 Å². The lowest BCUT2D eigenvalue weighted by atomic mass is 10.2. The normalized spacial score (nSPS) is 11.1. The number of carbonyl (C=O) groups is 1. The van der Waals surface area contributed by atoms with Crippen LogP contribution in [0, 0.1) is 13.8 Å². The lowest BCUT2D eigenvalue weighted by molar-refractivity contribution is 0.0923. The number of ether oxygens (including phenoxy) is 2. The summed E-state index contributed by atoms with van der Waals surface area (Å²) in [6, 6.07) is 27.9. The Balaban J connectivity index is 1.10. The molecule has 0 fully saturated rings. The molecule has 0 unspecified atom stereocenters. The molecule has 208 valence electrons. The van der Waals surface area contributed by atoms with Gasteiger partial charge in [0, 0.05) is 22.1 Å². The van der Waals surface area contributed by atoms with Crippen molar-refractivity contribution in [2.45, 2.75) is 27.1 Å². The standard InChI is InChI=1S/C32H27Cl2N3O4/c1-21-3-4-22(2)37(21)26-10-12-27(13-11-26)39-20-28-14-16-31(41-28)32(38)36-35-18-24-7-15-30(29(34)17-24)40-19-23-5-8-25(33)9-6-23/h3-18H,19-20H2,1-2H3,(H,36,38)/b35-18+. The van der Waals surface area contributed by atoms with Crippen LogP contribution >= 0.6 is 23.2 Å². The number of halogens is 2. The number of furan rings is 1. The fraction of sp³-hybridized carbons (Fsp3) is 0.125. The summed E-state index contributed by atoms with van der Waals surface area (Å²) in [6.45, 7) is 4.68. The zero-order valence-electron chi connectivity index (χ0n) is 22.4. The first-order valence-corrected chi connectivity index (χ1v) is 13.6. The van der Waals surface area contributed by atoms with Crippen LogP contribution in [0.15, 0.2) is 101 Å². The van der Waals surface area contributed by atoms with E-state index in [1.807, 2.05) is 36.4 Å². The number of hydrogen-bond donors (Lipinski definition) is 1. The van der Waals surface area contributed by atoms with Gasteiger partial charge in [-0.1, -0.05) is 35.3 Å². The van der Waals surface area contributed by atoms with Crippen LogP contribution < -0.4 is 14.9 Å². The van der Waals surface area contributed by atoms with Gasteiger partial charge in [-0.3, -0.25) is 4.79 Å². The number of amides is 1. The lowest BCUT2D eigenvalue weighted by Crippen LogP contribution is -2.16. The third kappa shape index (κ3) is 7.20. The number of carbonyl (C=O) groups excluding carboxylic acids is 1. The highest BCUT2D eigenvalue weighted by Gasteiger charge is 2.11. The second-order valence-electron chi connectivity index (χ2n) is 9.30. The topological polar surface area (TPSA) is 78.0 Å². The van der Waals surface area contributed by atoms with Crippen molar-refractivity contribution in [3.63, 3.8) is 0 Å². The van der Waals surface area contributed by atoms with Crippen LogP contribution in [0.2, 0.25) is 10.0 Å². The van der Waals surface area contributed by atoms with Crippen LogP contribution in [0.5, 0.6) is 11.5 Å². The molecule has 5 aromatic rings. The van der Waals surface area contributed by atoms with E-state index in [-0.39, 0.29) is 12.4 Å².